The molecule has 24 heavy (non-hydrogen) atoms. The SMILES string of the molecule is CCOC(=O)C1CCCOC(=O)CCCCCCCCCCC1=O. The van der Waals surface area contributed by atoms with Gasteiger partial charge in [-0.05, 0) is 32.6 Å². The topological polar surface area (TPSA) is 69.7 Å². The summed E-state index contributed by atoms with van der Waals surface area (Å²) in [4.78, 5) is 36.0. The van der Waals surface area contributed by atoms with Crippen molar-refractivity contribution < 1.29 is 23.9 Å². The smallest absolute Gasteiger partial charge is 0.316 e. The number of hydrogen-bond acceptors (Lipinski definition) is 5. The highest BCUT2D eigenvalue weighted by atomic mass is 16.5. The second kappa shape index (κ2) is 13.0. The maximum absolute atomic E-state index is 12.3. The van der Waals surface area contributed by atoms with E-state index in [1.807, 2.05) is 0 Å². The maximum atomic E-state index is 12.3. The molecule has 138 valence electrons. The van der Waals surface area contributed by atoms with Crippen LogP contribution in [0.15, 0.2) is 0 Å². The number of rotatable bonds is 2. The number of ketones is 1. The van der Waals surface area contributed by atoms with Crippen molar-refractivity contribution >= 4 is 17.7 Å². The Morgan fingerprint density at radius 1 is 0.958 bits per heavy atom. The van der Waals surface area contributed by atoms with E-state index in [4.69, 9.17) is 9.47 Å². The van der Waals surface area contributed by atoms with Crippen LogP contribution in [-0.4, -0.2) is 30.9 Å². The summed E-state index contributed by atoms with van der Waals surface area (Å²) >= 11 is 0. The van der Waals surface area contributed by atoms with Crippen LogP contribution in [0, 0.1) is 5.92 Å². The molecule has 0 spiro atoms. The monoisotopic (exact) mass is 340 g/mol. The Hall–Kier alpha value is -1.39. The third-order valence-corrected chi connectivity index (χ3v) is 4.41. The molecule has 0 radical (unpaired) electrons. The summed E-state index contributed by atoms with van der Waals surface area (Å²) in [5, 5.41) is 0. The molecule has 5 nitrogen and oxygen atoms in total. The Kier molecular flexibility index (Phi) is 11.2. The van der Waals surface area contributed by atoms with Gasteiger partial charge in [0.25, 0.3) is 0 Å². The van der Waals surface area contributed by atoms with E-state index in [1.54, 1.807) is 6.92 Å². The highest BCUT2D eigenvalue weighted by Gasteiger charge is 2.27. The molecule has 0 aliphatic carbocycles. The van der Waals surface area contributed by atoms with Crippen LogP contribution in [0.1, 0.15) is 84.0 Å². The molecule has 5 heteroatoms. The van der Waals surface area contributed by atoms with Gasteiger partial charge >= 0.3 is 11.9 Å². The van der Waals surface area contributed by atoms with E-state index in [9.17, 15) is 14.4 Å². The number of ether oxygens (including phenoxy) is 2. The summed E-state index contributed by atoms with van der Waals surface area (Å²) in [6.07, 6.45) is 10.2. The van der Waals surface area contributed by atoms with Crippen molar-refractivity contribution in [1.29, 1.82) is 0 Å². The molecule has 0 aromatic carbocycles. The van der Waals surface area contributed by atoms with E-state index < -0.39 is 11.9 Å². The predicted octanol–water partition coefficient (Wildman–Crippen LogP) is 3.97. The lowest BCUT2D eigenvalue weighted by molar-refractivity contribution is -0.152. The fourth-order valence-corrected chi connectivity index (χ4v) is 3.00. The molecule has 1 heterocycles. The lowest BCUT2D eigenvalue weighted by Crippen LogP contribution is -2.26. The normalized spacial score (nSPS) is 23.1. The van der Waals surface area contributed by atoms with Crippen LogP contribution in [0.4, 0.5) is 0 Å². The highest BCUT2D eigenvalue weighted by Crippen LogP contribution is 2.17. The number of hydrogen-bond donors (Lipinski definition) is 0. The van der Waals surface area contributed by atoms with Crippen molar-refractivity contribution in [3.8, 4) is 0 Å². The molecule has 1 aliphatic heterocycles. The quantitative estimate of drug-likeness (QED) is 0.562. The zero-order chi connectivity index (χ0) is 17.6. The molecule has 0 saturated carbocycles. The first-order chi connectivity index (χ1) is 11.6. The zero-order valence-corrected chi connectivity index (χ0v) is 15.0. The van der Waals surface area contributed by atoms with Gasteiger partial charge in [0.2, 0.25) is 0 Å². The van der Waals surface area contributed by atoms with E-state index in [0.29, 0.717) is 25.7 Å². The number of Topliss-reactive ketones (excluding diaryl/α,β-unsaturated/α-hetero) is 1. The Morgan fingerprint density at radius 2 is 1.54 bits per heavy atom. The number of esters is 2. The summed E-state index contributed by atoms with van der Waals surface area (Å²) in [6.45, 7) is 2.28. The third-order valence-electron chi connectivity index (χ3n) is 4.41. The van der Waals surface area contributed by atoms with E-state index in [0.717, 1.165) is 38.5 Å². The van der Waals surface area contributed by atoms with Gasteiger partial charge in [0.05, 0.1) is 13.2 Å². The van der Waals surface area contributed by atoms with Crippen molar-refractivity contribution in [3.63, 3.8) is 0 Å². The highest BCUT2D eigenvalue weighted by molar-refractivity contribution is 5.98. The lowest BCUT2D eigenvalue weighted by Gasteiger charge is -2.14. The summed E-state index contributed by atoms with van der Waals surface area (Å²) in [5.74, 6) is -1.37. The predicted molar refractivity (Wildman–Crippen MR) is 91.5 cm³/mol. The molecule has 1 aliphatic rings. The van der Waals surface area contributed by atoms with Gasteiger partial charge in [0, 0.05) is 12.8 Å². The lowest BCUT2D eigenvalue weighted by atomic mass is 9.94. The van der Waals surface area contributed by atoms with Crippen molar-refractivity contribution in [1.82, 2.24) is 0 Å². The van der Waals surface area contributed by atoms with Crippen LogP contribution < -0.4 is 0 Å². The van der Waals surface area contributed by atoms with Crippen LogP contribution in [0.25, 0.3) is 0 Å². The van der Waals surface area contributed by atoms with Gasteiger partial charge in [-0.2, -0.15) is 0 Å². The molecule has 0 aromatic rings. The van der Waals surface area contributed by atoms with Crippen LogP contribution >= 0.6 is 0 Å². The molecule has 1 unspecified atom stereocenters. The number of carbonyl (C=O) groups excluding carboxylic acids is 3. The second-order valence-corrected chi connectivity index (χ2v) is 6.46. The van der Waals surface area contributed by atoms with Gasteiger partial charge in [0.15, 0.2) is 0 Å². The van der Waals surface area contributed by atoms with Crippen LogP contribution in [0.3, 0.4) is 0 Å². The van der Waals surface area contributed by atoms with Gasteiger partial charge in [-0.25, -0.2) is 0 Å². The minimum Gasteiger partial charge on any atom is -0.466 e. The molecular weight excluding hydrogens is 308 g/mol. The van der Waals surface area contributed by atoms with Gasteiger partial charge in [-0.1, -0.05) is 38.5 Å². The molecule has 0 bridgehead atoms. The van der Waals surface area contributed by atoms with E-state index in [2.05, 4.69) is 0 Å². The largest absolute Gasteiger partial charge is 0.466 e. The van der Waals surface area contributed by atoms with Gasteiger partial charge in [-0.15, -0.1) is 0 Å². The number of carbonyl (C=O) groups is 3. The summed E-state index contributed by atoms with van der Waals surface area (Å²) < 4.78 is 10.2. The number of cyclic esters (lactones) is 1. The summed E-state index contributed by atoms with van der Waals surface area (Å²) in [5.41, 5.74) is 0. The first-order valence-electron chi connectivity index (χ1n) is 9.50. The van der Waals surface area contributed by atoms with E-state index in [1.165, 1.54) is 12.8 Å². The Balaban J connectivity index is 2.54. The fourth-order valence-electron chi connectivity index (χ4n) is 3.00. The Labute approximate surface area is 145 Å². The molecular formula is C19H32O5. The summed E-state index contributed by atoms with van der Waals surface area (Å²) in [7, 11) is 0. The first kappa shape index (κ1) is 20.7. The average molecular weight is 340 g/mol. The van der Waals surface area contributed by atoms with E-state index in [-0.39, 0.29) is 25.0 Å². The van der Waals surface area contributed by atoms with Crippen LogP contribution in [0.5, 0.6) is 0 Å². The molecule has 0 aromatic heterocycles. The molecule has 0 amide bonds. The third kappa shape index (κ3) is 9.04. The molecule has 1 fully saturated rings. The molecule has 1 rings (SSSR count). The van der Waals surface area contributed by atoms with Crippen molar-refractivity contribution in [3.05, 3.63) is 0 Å². The fraction of sp³-hybridized carbons (Fsp3) is 0.842. The second-order valence-electron chi connectivity index (χ2n) is 6.46. The van der Waals surface area contributed by atoms with Gasteiger partial charge in [-0.3, -0.25) is 14.4 Å². The van der Waals surface area contributed by atoms with Crippen LogP contribution in [0.2, 0.25) is 0 Å². The van der Waals surface area contributed by atoms with Crippen molar-refractivity contribution in [2.24, 2.45) is 5.92 Å². The summed E-state index contributed by atoms with van der Waals surface area (Å²) in [6, 6.07) is 0. The van der Waals surface area contributed by atoms with Gasteiger partial charge < -0.3 is 9.47 Å². The molecule has 0 N–H and O–H groups in total. The zero-order valence-electron chi connectivity index (χ0n) is 15.0. The van der Waals surface area contributed by atoms with Gasteiger partial charge in [0.1, 0.15) is 11.7 Å². The van der Waals surface area contributed by atoms with Crippen molar-refractivity contribution in [2.75, 3.05) is 13.2 Å². The minimum absolute atomic E-state index is 0.0379. The van der Waals surface area contributed by atoms with Crippen molar-refractivity contribution in [2.45, 2.75) is 84.0 Å². The Morgan fingerprint density at radius 3 is 2.17 bits per heavy atom. The molecule has 1 saturated heterocycles. The maximum Gasteiger partial charge on any atom is 0.316 e. The first-order valence-corrected chi connectivity index (χ1v) is 9.50. The standard InChI is InChI=1S/C19H32O5/c1-2-23-19(22)16-12-11-15-24-18(21)14-10-8-6-4-3-5-7-9-13-17(16)20/h16H,2-15H2,1H3. The molecule has 1 atom stereocenters. The van der Waals surface area contributed by atoms with Crippen LogP contribution in [-0.2, 0) is 23.9 Å². The minimum atomic E-state index is -0.709. The average Bonchev–Trinajstić information content (AvgIpc) is 2.55. The van der Waals surface area contributed by atoms with E-state index >= 15 is 0 Å². The Bertz CT molecular complexity index is 391.